The summed E-state index contributed by atoms with van der Waals surface area (Å²) in [4.78, 5) is 63.1. The summed E-state index contributed by atoms with van der Waals surface area (Å²) >= 11 is 0. The maximum atomic E-state index is 13.6. The van der Waals surface area contributed by atoms with Gasteiger partial charge in [-0.3, -0.25) is 34.7 Å². The van der Waals surface area contributed by atoms with Gasteiger partial charge in [-0.25, -0.2) is 5.01 Å². The minimum Gasteiger partial charge on any atom is -0.361 e. The number of nitrogens with one attached hydrogen (secondary N) is 2. The summed E-state index contributed by atoms with van der Waals surface area (Å²) in [6.45, 7) is 4.13. The molecule has 196 valence electrons. The Kier molecular flexibility index (Phi) is 9.51. The molecule has 0 radical (unpaired) electrons. The minimum absolute atomic E-state index is 0.208. The number of hydrogen-bond donors (Lipinski definition) is 3. The van der Waals surface area contributed by atoms with E-state index in [0.29, 0.717) is 12.8 Å². The minimum atomic E-state index is -1.23. The van der Waals surface area contributed by atoms with Gasteiger partial charge in [0.2, 0.25) is 0 Å². The molecule has 1 saturated carbocycles. The first-order valence-electron chi connectivity index (χ1n) is 12.5. The summed E-state index contributed by atoms with van der Waals surface area (Å²) in [6, 6.07) is 14.6. The normalized spacial score (nSPS) is 14.5. The van der Waals surface area contributed by atoms with Crippen LogP contribution in [0.4, 0.5) is 5.69 Å². The molecule has 5 amide bonds. The van der Waals surface area contributed by atoms with Gasteiger partial charge in [-0.15, -0.1) is 5.12 Å². The molecule has 0 aliphatic heterocycles. The van der Waals surface area contributed by atoms with Gasteiger partial charge in [0.1, 0.15) is 0 Å². The largest absolute Gasteiger partial charge is 0.361 e. The number of imide groups is 1. The number of nitrogens with zero attached hydrogens (tertiary/aromatic N) is 2. The van der Waals surface area contributed by atoms with Gasteiger partial charge >= 0.3 is 23.6 Å². The monoisotopic (exact) mass is 507 g/mol. The summed E-state index contributed by atoms with van der Waals surface area (Å²) in [5.41, 5.74) is 9.13. The van der Waals surface area contributed by atoms with E-state index >= 15 is 0 Å². The Hall–Kier alpha value is -4.05. The molecule has 0 spiro atoms. The maximum Gasteiger partial charge on any atom is 0.332 e. The van der Waals surface area contributed by atoms with Crippen LogP contribution < -0.4 is 21.5 Å². The van der Waals surface area contributed by atoms with E-state index < -0.39 is 29.5 Å². The van der Waals surface area contributed by atoms with Gasteiger partial charge in [0, 0.05) is 5.56 Å². The van der Waals surface area contributed by atoms with E-state index in [-0.39, 0.29) is 23.2 Å². The molecule has 37 heavy (non-hydrogen) atoms. The topological polar surface area (TPSA) is 142 Å². The van der Waals surface area contributed by atoms with Crippen LogP contribution in [0, 0.1) is 0 Å². The zero-order valence-electron chi connectivity index (χ0n) is 21.1. The average molecular weight is 508 g/mol. The lowest BCUT2D eigenvalue weighted by Gasteiger charge is -2.40. The van der Waals surface area contributed by atoms with E-state index in [1.165, 1.54) is 17.3 Å². The van der Waals surface area contributed by atoms with Crippen LogP contribution in [0.25, 0.3) is 0 Å². The Morgan fingerprint density at radius 1 is 0.919 bits per heavy atom. The molecule has 1 atom stereocenters. The number of nitrogens with two attached hydrogens (primary N) is 1. The van der Waals surface area contributed by atoms with Crippen molar-refractivity contribution in [3.63, 3.8) is 0 Å². The summed E-state index contributed by atoms with van der Waals surface area (Å²) in [5.74, 6) is -5.11. The van der Waals surface area contributed by atoms with Crippen LogP contribution >= 0.6 is 0 Å². The van der Waals surface area contributed by atoms with Crippen molar-refractivity contribution < 1.29 is 24.0 Å². The van der Waals surface area contributed by atoms with Crippen LogP contribution in [0.1, 0.15) is 74.2 Å². The zero-order chi connectivity index (χ0) is 26.9. The quantitative estimate of drug-likeness (QED) is 0.388. The molecule has 1 unspecified atom stereocenters. The Bertz CT molecular complexity index is 1130. The Morgan fingerprint density at radius 2 is 1.54 bits per heavy atom. The number of carbonyl (C=O) groups is 5. The first-order chi connectivity index (χ1) is 17.7. The standard InChI is InChI=1S/C27H33N5O5/c1-3-18(2)19-14-16-21(17-15-19)31(27(37)26(36)29-24(34)20-10-6-4-7-11-20)32(30-25(35)23(28)33)22-12-8-5-9-13-22/h4,6-7,10-11,14-18,22H,3,5,8-9,12-13H2,1-2H3,(H2,28,33)(H,30,35)(H,29,34,36). The third-order valence-corrected chi connectivity index (χ3v) is 6.54. The summed E-state index contributed by atoms with van der Waals surface area (Å²) < 4.78 is 0. The predicted molar refractivity (Wildman–Crippen MR) is 138 cm³/mol. The zero-order valence-corrected chi connectivity index (χ0v) is 21.1. The molecule has 3 rings (SSSR count). The SMILES string of the molecule is CCC(C)c1ccc(N(C(=O)C(=O)NC(=O)c2ccccc2)N(NC(=O)C(N)=O)C2CCCCC2)cc1. The predicted octanol–water partition coefficient (Wildman–Crippen LogP) is 2.56. The fourth-order valence-corrected chi connectivity index (χ4v) is 4.22. The van der Waals surface area contributed by atoms with Crippen molar-refractivity contribution in [1.29, 1.82) is 0 Å². The maximum absolute atomic E-state index is 13.6. The van der Waals surface area contributed by atoms with Crippen molar-refractivity contribution >= 4 is 35.2 Å². The van der Waals surface area contributed by atoms with E-state index in [9.17, 15) is 24.0 Å². The van der Waals surface area contributed by atoms with Gasteiger partial charge in [-0.1, -0.05) is 63.4 Å². The Labute approximate surface area is 216 Å². The number of benzene rings is 2. The molecule has 0 bridgehead atoms. The average Bonchev–Trinajstić information content (AvgIpc) is 2.93. The van der Waals surface area contributed by atoms with E-state index in [0.717, 1.165) is 36.3 Å². The summed E-state index contributed by atoms with van der Waals surface area (Å²) in [6.07, 6.45) is 4.78. The highest BCUT2D eigenvalue weighted by atomic mass is 16.2. The summed E-state index contributed by atoms with van der Waals surface area (Å²) in [7, 11) is 0. The van der Waals surface area contributed by atoms with Crippen molar-refractivity contribution in [2.75, 3.05) is 5.01 Å². The number of hydrogen-bond acceptors (Lipinski definition) is 6. The number of carbonyl (C=O) groups excluding carboxylic acids is 5. The number of anilines is 1. The van der Waals surface area contributed by atoms with Gasteiger partial charge in [0.25, 0.3) is 5.91 Å². The van der Waals surface area contributed by atoms with Crippen molar-refractivity contribution in [3.05, 3.63) is 65.7 Å². The molecule has 4 N–H and O–H groups in total. The molecule has 10 heteroatoms. The van der Waals surface area contributed by atoms with E-state index in [1.807, 2.05) is 12.1 Å². The van der Waals surface area contributed by atoms with E-state index in [2.05, 4.69) is 24.6 Å². The lowest BCUT2D eigenvalue weighted by Crippen LogP contribution is -2.64. The highest BCUT2D eigenvalue weighted by Gasteiger charge is 2.36. The molecule has 0 aromatic heterocycles. The van der Waals surface area contributed by atoms with E-state index in [1.54, 1.807) is 30.3 Å². The number of primary amides is 1. The van der Waals surface area contributed by atoms with Crippen LogP contribution in [-0.2, 0) is 19.2 Å². The third kappa shape index (κ3) is 7.01. The van der Waals surface area contributed by atoms with Crippen LogP contribution in [-0.4, -0.2) is 40.7 Å². The second-order valence-electron chi connectivity index (χ2n) is 9.11. The highest BCUT2D eigenvalue weighted by molar-refractivity contribution is 6.43. The molecule has 1 fully saturated rings. The molecule has 10 nitrogen and oxygen atoms in total. The first-order valence-corrected chi connectivity index (χ1v) is 12.5. The molecular weight excluding hydrogens is 474 g/mol. The van der Waals surface area contributed by atoms with Crippen LogP contribution in [0.5, 0.6) is 0 Å². The molecule has 1 aliphatic rings. The van der Waals surface area contributed by atoms with Gasteiger partial charge in [-0.2, -0.15) is 0 Å². The fraction of sp³-hybridized carbons (Fsp3) is 0.370. The second-order valence-corrected chi connectivity index (χ2v) is 9.11. The van der Waals surface area contributed by atoms with Crippen LogP contribution in [0.15, 0.2) is 54.6 Å². The van der Waals surface area contributed by atoms with Gasteiger partial charge < -0.3 is 5.73 Å². The van der Waals surface area contributed by atoms with Gasteiger partial charge in [0.05, 0.1) is 11.7 Å². The highest BCUT2D eigenvalue weighted by Crippen LogP contribution is 2.28. The molecule has 1 aliphatic carbocycles. The van der Waals surface area contributed by atoms with Crippen molar-refractivity contribution in [1.82, 2.24) is 15.9 Å². The fourth-order valence-electron chi connectivity index (χ4n) is 4.22. The van der Waals surface area contributed by atoms with Crippen molar-refractivity contribution in [2.45, 2.75) is 64.3 Å². The number of hydrazine groups is 2. The van der Waals surface area contributed by atoms with E-state index in [4.69, 9.17) is 5.73 Å². The molecule has 2 aromatic carbocycles. The first kappa shape index (κ1) is 27.5. The third-order valence-electron chi connectivity index (χ3n) is 6.54. The van der Waals surface area contributed by atoms with Crippen LogP contribution in [0.2, 0.25) is 0 Å². The lowest BCUT2D eigenvalue weighted by molar-refractivity contribution is -0.145. The van der Waals surface area contributed by atoms with Crippen LogP contribution in [0.3, 0.4) is 0 Å². The second kappa shape index (κ2) is 12.8. The Balaban J connectivity index is 1.99. The van der Waals surface area contributed by atoms with Gasteiger partial charge in [0.15, 0.2) is 0 Å². The Morgan fingerprint density at radius 3 is 2.11 bits per heavy atom. The molecule has 0 saturated heterocycles. The molecule has 0 heterocycles. The molecule has 2 aromatic rings. The molecular formula is C27H33N5O5. The van der Waals surface area contributed by atoms with Crippen molar-refractivity contribution in [3.8, 4) is 0 Å². The number of amides is 5. The smallest absolute Gasteiger partial charge is 0.332 e. The lowest BCUT2D eigenvalue weighted by atomic mass is 9.95. The van der Waals surface area contributed by atoms with Gasteiger partial charge in [-0.05, 0) is 55.0 Å². The van der Waals surface area contributed by atoms with Crippen molar-refractivity contribution in [2.24, 2.45) is 5.73 Å². The number of rotatable bonds is 7. The summed E-state index contributed by atoms with van der Waals surface area (Å²) in [5, 5.41) is 4.33.